The summed E-state index contributed by atoms with van der Waals surface area (Å²) < 4.78 is 0. The Morgan fingerprint density at radius 2 is 1.00 bits per heavy atom. The molecule has 0 aliphatic carbocycles. The number of nitrogens with one attached hydrogen (secondary N) is 3. The monoisotopic (exact) mass is 661 g/mol. The Morgan fingerprint density at radius 1 is 0.469 bits per heavy atom. The highest BCUT2D eigenvalue weighted by Gasteiger charge is 2.44. The number of aromatic nitrogens is 9. The molecule has 0 radical (unpaired) electrons. The van der Waals surface area contributed by atoms with Gasteiger partial charge in [0.2, 0.25) is 0 Å². The van der Waals surface area contributed by atoms with Crippen LogP contribution < -0.4 is 0 Å². The highest BCUT2D eigenvalue weighted by molar-refractivity contribution is 5.83. The number of aromatic amines is 3. The predicted molar refractivity (Wildman–Crippen MR) is 200 cm³/mol. The molecule has 0 atom stereocenters. The van der Waals surface area contributed by atoms with Gasteiger partial charge in [-0.25, -0.2) is 24.9 Å². The molecular formula is C40H55N9. The van der Waals surface area contributed by atoms with Crippen LogP contribution in [-0.2, 0) is 32.5 Å². The highest BCUT2D eigenvalue weighted by Crippen LogP contribution is 2.50. The zero-order valence-corrected chi connectivity index (χ0v) is 32.1. The summed E-state index contributed by atoms with van der Waals surface area (Å²) in [6.07, 6.45) is 12.5. The molecule has 9 heteroatoms. The third-order valence-corrected chi connectivity index (χ3v) is 10.3. The van der Waals surface area contributed by atoms with Crippen molar-refractivity contribution < 1.29 is 0 Å². The minimum absolute atomic E-state index is 0.0921. The normalized spacial score (nSPS) is 14.1. The maximum Gasteiger partial charge on any atom is 0.156 e. The van der Waals surface area contributed by atoms with Gasteiger partial charge in [-0.05, 0) is 34.7 Å². The fourth-order valence-electron chi connectivity index (χ4n) is 9.01. The summed E-state index contributed by atoms with van der Waals surface area (Å²) in [5, 5.41) is 1.09. The minimum atomic E-state index is -0.270. The third-order valence-electron chi connectivity index (χ3n) is 10.3. The lowest BCUT2D eigenvalue weighted by Crippen LogP contribution is -2.36. The van der Waals surface area contributed by atoms with E-state index in [-0.39, 0.29) is 32.5 Å². The van der Waals surface area contributed by atoms with Crippen molar-refractivity contribution in [3.8, 4) is 0 Å². The third kappa shape index (κ3) is 6.03. The van der Waals surface area contributed by atoms with Crippen molar-refractivity contribution in [2.75, 3.05) is 0 Å². The standard InChI is InChI=1S/C40H55N9/c1-35(2,3)25-23-17-41-22-46-33(23)49-31(25)39(11,12)19-37(7,8)26-28-24(18-42-21-45-28)47-32(26)40(13,14)20-38(9,10)27-29-34(44-16-15-43-29)48-30(27)36(4,5)6/h15-18,21-22,47H,19-20H2,1-14H3,(H,44,48)(H,41,46,49). The molecule has 49 heavy (non-hydrogen) atoms. The molecule has 0 aliphatic heterocycles. The van der Waals surface area contributed by atoms with Gasteiger partial charge < -0.3 is 15.0 Å². The molecule has 6 rings (SSSR count). The van der Waals surface area contributed by atoms with E-state index in [4.69, 9.17) is 9.97 Å². The summed E-state index contributed by atoms with van der Waals surface area (Å²) in [5.74, 6) is 0. The van der Waals surface area contributed by atoms with Crippen LogP contribution in [0.4, 0.5) is 0 Å². The quantitative estimate of drug-likeness (QED) is 0.149. The van der Waals surface area contributed by atoms with Crippen LogP contribution in [0.1, 0.15) is 144 Å². The van der Waals surface area contributed by atoms with E-state index in [0.717, 1.165) is 46.1 Å². The topological polar surface area (TPSA) is 125 Å². The molecule has 0 bridgehead atoms. The van der Waals surface area contributed by atoms with Gasteiger partial charge in [0.15, 0.2) is 5.65 Å². The maximum absolute atomic E-state index is 4.92. The molecule has 6 heterocycles. The summed E-state index contributed by atoms with van der Waals surface area (Å²) in [4.78, 5) is 39.1. The first-order chi connectivity index (χ1) is 22.5. The number of fused-ring (bicyclic) bond motifs is 3. The van der Waals surface area contributed by atoms with Crippen LogP contribution in [0.3, 0.4) is 0 Å². The maximum atomic E-state index is 4.92. The summed E-state index contributed by atoms with van der Waals surface area (Å²) >= 11 is 0. The van der Waals surface area contributed by atoms with E-state index in [1.165, 1.54) is 33.8 Å². The first-order valence-electron chi connectivity index (χ1n) is 17.5. The van der Waals surface area contributed by atoms with Gasteiger partial charge >= 0.3 is 0 Å². The van der Waals surface area contributed by atoms with Gasteiger partial charge in [-0.15, -0.1) is 0 Å². The van der Waals surface area contributed by atoms with E-state index < -0.39 is 0 Å². The number of hydrogen-bond donors (Lipinski definition) is 3. The van der Waals surface area contributed by atoms with E-state index in [1.807, 2.05) is 12.4 Å². The molecule has 9 nitrogen and oxygen atoms in total. The van der Waals surface area contributed by atoms with Crippen LogP contribution in [-0.4, -0.2) is 44.9 Å². The summed E-state index contributed by atoms with van der Waals surface area (Å²) in [6, 6.07) is 0. The van der Waals surface area contributed by atoms with Crippen molar-refractivity contribution in [1.82, 2.24) is 44.9 Å². The lowest BCUT2D eigenvalue weighted by Gasteiger charge is -2.41. The Morgan fingerprint density at radius 3 is 1.61 bits per heavy atom. The predicted octanol–water partition coefficient (Wildman–Crippen LogP) is 9.39. The van der Waals surface area contributed by atoms with Gasteiger partial charge in [-0.3, -0.25) is 4.98 Å². The number of nitrogens with zero attached hydrogens (tertiary/aromatic N) is 6. The summed E-state index contributed by atoms with van der Waals surface area (Å²) in [7, 11) is 0. The SMILES string of the molecule is CC(C)(C)c1[nH]c2nccnc2c1C(C)(C)CC(C)(C)c1[nH]c2cncnc2c1C(C)(C)CC(C)(C)c1[nH]c2ncncc2c1C(C)(C)C. The van der Waals surface area contributed by atoms with E-state index in [0.29, 0.717) is 0 Å². The second-order valence-electron chi connectivity index (χ2n) is 18.8. The largest absolute Gasteiger partial charge is 0.355 e. The molecule has 0 saturated heterocycles. The summed E-state index contributed by atoms with van der Waals surface area (Å²) in [6.45, 7) is 32.5. The number of hydrogen-bond acceptors (Lipinski definition) is 6. The zero-order valence-electron chi connectivity index (χ0n) is 32.1. The molecule has 3 N–H and O–H groups in total. The lowest BCUT2D eigenvalue weighted by molar-refractivity contribution is 0.315. The molecule has 0 saturated carbocycles. The zero-order chi connectivity index (χ0) is 35.9. The van der Waals surface area contributed by atoms with E-state index >= 15 is 0 Å². The van der Waals surface area contributed by atoms with Crippen molar-refractivity contribution >= 4 is 33.2 Å². The van der Waals surface area contributed by atoms with Crippen molar-refractivity contribution in [3.05, 3.63) is 71.2 Å². The average Bonchev–Trinajstić information content (AvgIpc) is 3.68. The Balaban J connectivity index is 1.47. The van der Waals surface area contributed by atoms with Gasteiger partial charge in [0, 0.05) is 68.4 Å². The molecular weight excluding hydrogens is 607 g/mol. The van der Waals surface area contributed by atoms with Crippen LogP contribution in [0.2, 0.25) is 0 Å². The van der Waals surface area contributed by atoms with Gasteiger partial charge in [-0.2, -0.15) is 0 Å². The molecule has 6 aromatic rings. The van der Waals surface area contributed by atoms with Crippen molar-refractivity contribution in [3.63, 3.8) is 0 Å². The smallest absolute Gasteiger partial charge is 0.156 e. The number of H-pyrrole nitrogens is 3. The minimum Gasteiger partial charge on any atom is -0.355 e. The van der Waals surface area contributed by atoms with Crippen molar-refractivity contribution in [2.45, 2.75) is 142 Å². The second-order valence-corrected chi connectivity index (χ2v) is 18.8. The van der Waals surface area contributed by atoms with Gasteiger partial charge in [0.1, 0.15) is 23.8 Å². The summed E-state index contributed by atoms with van der Waals surface area (Å²) in [5.41, 5.74) is 10.8. The molecule has 0 aromatic carbocycles. The Kier molecular flexibility index (Phi) is 7.93. The Hall–Kier alpha value is -4.14. The van der Waals surface area contributed by atoms with Crippen LogP contribution in [0.15, 0.2) is 37.4 Å². The fourth-order valence-corrected chi connectivity index (χ4v) is 9.01. The van der Waals surface area contributed by atoms with Crippen LogP contribution >= 0.6 is 0 Å². The lowest BCUT2D eigenvalue weighted by atomic mass is 9.63. The average molecular weight is 662 g/mol. The molecule has 0 aliphatic rings. The van der Waals surface area contributed by atoms with Crippen molar-refractivity contribution in [1.29, 1.82) is 0 Å². The first-order valence-corrected chi connectivity index (χ1v) is 17.5. The molecule has 260 valence electrons. The molecule has 0 amide bonds. The molecule has 6 aromatic heterocycles. The van der Waals surface area contributed by atoms with E-state index in [1.54, 1.807) is 25.0 Å². The second kappa shape index (κ2) is 11.2. The van der Waals surface area contributed by atoms with Gasteiger partial charge in [0.25, 0.3) is 0 Å². The molecule has 0 unspecified atom stereocenters. The van der Waals surface area contributed by atoms with Crippen molar-refractivity contribution in [2.24, 2.45) is 0 Å². The fraction of sp³-hybridized carbons (Fsp3) is 0.550. The van der Waals surface area contributed by atoms with Crippen LogP contribution in [0.25, 0.3) is 33.2 Å². The van der Waals surface area contributed by atoms with Gasteiger partial charge in [0.05, 0.1) is 17.2 Å². The van der Waals surface area contributed by atoms with E-state index in [9.17, 15) is 0 Å². The molecule has 0 spiro atoms. The molecule has 0 fully saturated rings. The van der Waals surface area contributed by atoms with Crippen LogP contribution in [0, 0.1) is 0 Å². The highest BCUT2D eigenvalue weighted by atomic mass is 14.9. The number of rotatable bonds is 8. The van der Waals surface area contributed by atoms with E-state index in [2.05, 4.69) is 132 Å². The van der Waals surface area contributed by atoms with Crippen LogP contribution in [0.5, 0.6) is 0 Å². The Bertz CT molecular complexity index is 2160. The Labute approximate surface area is 291 Å². The van der Waals surface area contributed by atoms with Gasteiger partial charge in [-0.1, -0.05) is 96.9 Å². The first kappa shape index (κ1) is 34.7.